The maximum atomic E-state index is 12.1. The molecule has 0 bridgehead atoms. The van der Waals surface area contributed by atoms with Crippen molar-refractivity contribution in [2.75, 3.05) is 0 Å². The molecule has 0 fully saturated rings. The molecular weight excluding hydrogens is 308 g/mol. The quantitative estimate of drug-likeness (QED) is 0.807. The van der Waals surface area contributed by atoms with Crippen LogP contribution in [0, 0.1) is 0 Å². The molecule has 0 radical (unpaired) electrons. The number of carbonyl (C=O) groups excluding carboxylic acids is 1. The lowest BCUT2D eigenvalue weighted by Gasteiger charge is -2.29. The number of amides is 1. The zero-order valence-electron chi connectivity index (χ0n) is 14.1. The van der Waals surface area contributed by atoms with Gasteiger partial charge in [0.2, 0.25) is 5.91 Å². The summed E-state index contributed by atoms with van der Waals surface area (Å²) in [5, 5.41) is 18.8. The first-order valence-corrected chi connectivity index (χ1v) is 7.76. The molecule has 0 saturated heterocycles. The highest BCUT2D eigenvalue weighted by Crippen LogP contribution is 2.28. The average Bonchev–Trinajstić information content (AvgIpc) is 2.96. The maximum absolute atomic E-state index is 12.1. The van der Waals surface area contributed by atoms with E-state index >= 15 is 0 Å². The van der Waals surface area contributed by atoms with Gasteiger partial charge in [-0.3, -0.25) is 4.79 Å². The van der Waals surface area contributed by atoms with Crippen molar-refractivity contribution in [1.82, 2.24) is 20.3 Å². The van der Waals surface area contributed by atoms with Crippen LogP contribution in [-0.4, -0.2) is 38.0 Å². The lowest BCUT2D eigenvalue weighted by atomic mass is 9.79. The molecule has 24 heavy (non-hydrogen) atoms. The van der Waals surface area contributed by atoms with Crippen LogP contribution in [0.25, 0.3) is 0 Å². The SMILES string of the molecule is CC(CC(C)(C)c1ccccc1)NC(=O)Cn1cc(C(=O)O)nn1. The number of hydrogen-bond acceptors (Lipinski definition) is 4. The smallest absolute Gasteiger partial charge is 0.358 e. The molecule has 0 aliphatic heterocycles. The molecule has 1 aromatic heterocycles. The summed E-state index contributed by atoms with van der Waals surface area (Å²) in [5.41, 5.74) is 0.965. The summed E-state index contributed by atoms with van der Waals surface area (Å²) in [6.07, 6.45) is 2.01. The first-order chi connectivity index (χ1) is 11.3. The van der Waals surface area contributed by atoms with Gasteiger partial charge in [0.05, 0.1) is 6.20 Å². The van der Waals surface area contributed by atoms with Crippen molar-refractivity contribution < 1.29 is 14.7 Å². The van der Waals surface area contributed by atoms with E-state index in [0.717, 1.165) is 6.42 Å². The van der Waals surface area contributed by atoms with Gasteiger partial charge in [-0.2, -0.15) is 0 Å². The van der Waals surface area contributed by atoms with Crippen molar-refractivity contribution in [2.24, 2.45) is 0 Å². The van der Waals surface area contributed by atoms with Gasteiger partial charge in [-0.25, -0.2) is 9.48 Å². The summed E-state index contributed by atoms with van der Waals surface area (Å²) in [6, 6.07) is 10.1. The van der Waals surface area contributed by atoms with Crippen LogP contribution in [0.1, 0.15) is 43.2 Å². The summed E-state index contributed by atoms with van der Waals surface area (Å²) in [5.74, 6) is -1.40. The number of hydrogen-bond donors (Lipinski definition) is 2. The van der Waals surface area contributed by atoms with E-state index in [-0.39, 0.29) is 29.6 Å². The van der Waals surface area contributed by atoms with Gasteiger partial charge in [0.15, 0.2) is 5.69 Å². The lowest BCUT2D eigenvalue weighted by Crippen LogP contribution is -2.39. The van der Waals surface area contributed by atoms with E-state index in [2.05, 4.69) is 41.6 Å². The Balaban J connectivity index is 1.90. The largest absolute Gasteiger partial charge is 0.476 e. The Labute approximate surface area is 140 Å². The van der Waals surface area contributed by atoms with Crippen molar-refractivity contribution in [3.8, 4) is 0 Å². The number of carbonyl (C=O) groups is 2. The third-order valence-electron chi connectivity index (χ3n) is 3.84. The molecule has 1 aromatic carbocycles. The summed E-state index contributed by atoms with van der Waals surface area (Å²) >= 11 is 0. The topological polar surface area (TPSA) is 97.1 Å². The molecule has 2 rings (SSSR count). The second kappa shape index (κ2) is 7.25. The number of benzene rings is 1. The van der Waals surface area contributed by atoms with E-state index in [1.165, 1.54) is 16.4 Å². The van der Waals surface area contributed by atoms with Crippen LogP contribution in [0.5, 0.6) is 0 Å². The Morgan fingerprint density at radius 3 is 2.54 bits per heavy atom. The Kier molecular flexibility index (Phi) is 5.33. The van der Waals surface area contributed by atoms with Crippen molar-refractivity contribution in [3.63, 3.8) is 0 Å². The minimum Gasteiger partial charge on any atom is -0.476 e. The molecule has 0 spiro atoms. The fraction of sp³-hybridized carbons (Fsp3) is 0.412. The third kappa shape index (κ3) is 4.65. The van der Waals surface area contributed by atoms with Crippen LogP contribution >= 0.6 is 0 Å². The Hall–Kier alpha value is -2.70. The summed E-state index contributed by atoms with van der Waals surface area (Å²) < 4.78 is 1.22. The number of nitrogens with zero attached hydrogens (tertiary/aromatic N) is 3. The Morgan fingerprint density at radius 1 is 1.29 bits per heavy atom. The van der Waals surface area contributed by atoms with Gasteiger partial charge in [-0.1, -0.05) is 49.4 Å². The molecule has 0 aliphatic rings. The van der Waals surface area contributed by atoms with Crippen LogP contribution in [0.3, 0.4) is 0 Å². The van der Waals surface area contributed by atoms with Crippen LogP contribution in [-0.2, 0) is 16.8 Å². The number of aromatic nitrogens is 3. The van der Waals surface area contributed by atoms with E-state index in [1.54, 1.807) is 0 Å². The van der Waals surface area contributed by atoms with E-state index in [0.29, 0.717) is 0 Å². The maximum Gasteiger partial charge on any atom is 0.358 e. The second-order valence-corrected chi connectivity index (χ2v) is 6.53. The molecule has 1 heterocycles. The molecule has 0 aliphatic carbocycles. The van der Waals surface area contributed by atoms with Gasteiger partial charge in [0.1, 0.15) is 6.54 Å². The minimum absolute atomic E-state index is 0.0322. The molecule has 128 valence electrons. The highest BCUT2D eigenvalue weighted by atomic mass is 16.4. The van der Waals surface area contributed by atoms with Gasteiger partial charge in [-0.05, 0) is 24.3 Å². The highest BCUT2D eigenvalue weighted by Gasteiger charge is 2.24. The van der Waals surface area contributed by atoms with Crippen LogP contribution in [0.2, 0.25) is 0 Å². The van der Waals surface area contributed by atoms with E-state index in [1.807, 2.05) is 25.1 Å². The first kappa shape index (κ1) is 17.7. The average molecular weight is 330 g/mol. The van der Waals surface area contributed by atoms with Crippen molar-refractivity contribution >= 4 is 11.9 Å². The van der Waals surface area contributed by atoms with E-state index < -0.39 is 5.97 Å². The molecule has 1 unspecified atom stereocenters. The predicted octanol–water partition coefficient (Wildman–Crippen LogP) is 1.85. The molecule has 7 nitrogen and oxygen atoms in total. The molecule has 1 amide bonds. The molecule has 0 saturated carbocycles. The standard InChI is InChI=1S/C17H22N4O3/c1-12(9-17(2,3)13-7-5-4-6-8-13)18-15(22)11-21-10-14(16(23)24)19-20-21/h4-8,10,12H,9,11H2,1-3H3,(H,18,22)(H,23,24). The van der Waals surface area contributed by atoms with Gasteiger partial charge >= 0.3 is 5.97 Å². The molecule has 1 atom stereocenters. The number of rotatable bonds is 7. The third-order valence-corrected chi connectivity index (χ3v) is 3.84. The van der Waals surface area contributed by atoms with Crippen molar-refractivity contribution in [2.45, 2.75) is 45.2 Å². The van der Waals surface area contributed by atoms with E-state index in [9.17, 15) is 9.59 Å². The zero-order chi connectivity index (χ0) is 17.7. The molecule has 2 N–H and O–H groups in total. The van der Waals surface area contributed by atoms with Crippen LogP contribution in [0.15, 0.2) is 36.5 Å². The molecule has 2 aromatic rings. The van der Waals surface area contributed by atoms with Crippen molar-refractivity contribution in [1.29, 1.82) is 0 Å². The van der Waals surface area contributed by atoms with Gasteiger partial charge < -0.3 is 10.4 Å². The van der Waals surface area contributed by atoms with E-state index in [4.69, 9.17) is 5.11 Å². The first-order valence-electron chi connectivity index (χ1n) is 7.76. The normalized spacial score (nSPS) is 12.6. The summed E-state index contributed by atoms with van der Waals surface area (Å²) in [4.78, 5) is 22.8. The molecule has 7 heteroatoms. The fourth-order valence-corrected chi connectivity index (χ4v) is 2.76. The Morgan fingerprint density at radius 2 is 1.96 bits per heavy atom. The highest BCUT2D eigenvalue weighted by molar-refractivity contribution is 5.84. The Bertz CT molecular complexity index is 710. The summed E-state index contributed by atoms with van der Waals surface area (Å²) in [7, 11) is 0. The summed E-state index contributed by atoms with van der Waals surface area (Å²) in [6.45, 7) is 6.17. The van der Waals surface area contributed by atoms with Crippen LogP contribution in [0.4, 0.5) is 0 Å². The zero-order valence-corrected chi connectivity index (χ0v) is 14.1. The number of carboxylic acid groups (broad SMARTS) is 1. The minimum atomic E-state index is -1.17. The predicted molar refractivity (Wildman–Crippen MR) is 88.7 cm³/mol. The lowest BCUT2D eigenvalue weighted by molar-refractivity contribution is -0.122. The van der Waals surface area contributed by atoms with Crippen LogP contribution < -0.4 is 5.32 Å². The fourth-order valence-electron chi connectivity index (χ4n) is 2.76. The number of nitrogens with one attached hydrogen (secondary N) is 1. The van der Waals surface area contributed by atoms with Gasteiger partial charge in [-0.15, -0.1) is 5.10 Å². The van der Waals surface area contributed by atoms with Gasteiger partial charge in [0.25, 0.3) is 0 Å². The monoisotopic (exact) mass is 330 g/mol. The second-order valence-electron chi connectivity index (χ2n) is 6.53. The van der Waals surface area contributed by atoms with Crippen molar-refractivity contribution in [3.05, 3.63) is 47.8 Å². The molecular formula is C17H22N4O3. The number of aromatic carboxylic acids is 1. The van der Waals surface area contributed by atoms with Gasteiger partial charge in [0, 0.05) is 6.04 Å². The number of carboxylic acids is 1.